The lowest BCUT2D eigenvalue weighted by Gasteiger charge is -2.13. The summed E-state index contributed by atoms with van der Waals surface area (Å²) in [4.78, 5) is 25.8. The van der Waals surface area contributed by atoms with Gasteiger partial charge in [0, 0.05) is 20.1 Å². The van der Waals surface area contributed by atoms with Crippen molar-refractivity contribution < 1.29 is 19.8 Å². The van der Waals surface area contributed by atoms with Gasteiger partial charge >= 0.3 is 12.0 Å². The van der Waals surface area contributed by atoms with Gasteiger partial charge in [-0.05, 0) is 0 Å². The van der Waals surface area contributed by atoms with Crippen molar-refractivity contribution in [2.24, 2.45) is 7.05 Å². The normalized spacial score (nSPS) is 11.9. The number of aliphatic carboxylic acids is 1. The number of aryl methyl sites for hydroxylation is 1. The highest BCUT2D eigenvalue weighted by atomic mass is 16.4. The van der Waals surface area contributed by atoms with E-state index in [2.05, 4.69) is 20.7 Å². The maximum Gasteiger partial charge on any atom is 0.326 e. The first-order valence-electron chi connectivity index (χ1n) is 4.79. The van der Waals surface area contributed by atoms with Crippen molar-refractivity contribution in [1.82, 2.24) is 20.1 Å². The molecule has 2 amide bonds. The summed E-state index contributed by atoms with van der Waals surface area (Å²) in [5.74, 6) is -1.03. The van der Waals surface area contributed by atoms with Crippen LogP contribution in [0.2, 0.25) is 0 Å². The summed E-state index contributed by atoms with van der Waals surface area (Å²) in [6, 6.07) is -1.87. The third kappa shape index (κ3) is 3.72. The number of carbonyl (C=O) groups excluding carboxylic acids is 1. The zero-order valence-corrected chi connectivity index (χ0v) is 9.12. The van der Waals surface area contributed by atoms with Crippen LogP contribution in [0.1, 0.15) is 6.42 Å². The van der Waals surface area contributed by atoms with E-state index in [-0.39, 0.29) is 19.0 Å². The molecule has 1 aromatic heterocycles. The van der Waals surface area contributed by atoms with E-state index in [1.165, 1.54) is 11.0 Å². The molecule has 1 aromatic rings. The highest BCUT2D eigenvalue weighted by Gasteiger charge is 2.19. The Bertz CT molecular complexity index is 404. The predicted octanol–water partition coefficient (Wildman–Crippen LogP) is -1.23. The van der Waals surface area contributed by atoms with Crippen molar-refractivity contribution in [3.05, 3.63) is 6.33 Å². The van der Waals surface area contributed by atoms with Gasteiger partial charge in [0.15, 0.2) is 0 Å². The van der Waals surface area contributed by atoms with Gasteiger partial charge in [-0.1, -0.05) is 0 Å². The summed E-state index contributed by atoms with van der Waals surface area (Å²) in [5.41, 5.74) is 0. The first-order valence-corrected chi connectivity index (χ1v) is 4.79. The van der Waals surface area contributed by atoms with Gasteiger partial charge in [-0.25, -0.2) is 14.3 Å². The van der Waals surface area contributed by atoms with Gasteiger partial charge < -0.3 is 15.5 Å². The highest BCUT2D eigenvalue weighted by Crippen LogP contribution is 1.98. The molecular weight excluding hydrogens is 230 g/mol. The van der Waals surface area contributed by atoms with E-state index in [0.29, 0.717) is 0 Å². The molecular formula is C8H13N5O4. The van der Waals surface area contributed by atoms with Gasteiger partial charge in [0.25, 0.3) is 0 Å². The number of carboxylic acid groups (broad SMARTS) is 1. The maximum absolute atomic E-state index is 11.4. The van der Waals surface area contributed by atoms with Crippen molar-refractivity contribution in [3.63, 3.8) is 0 Å². The van der Waals surface area contributed by atoms with Crippen molar-refractivity contribution in [3.8, 4) is 0 Å². The van der Waals surface area contributed by atoms with Crippen LogP contribution in [0.4, 0.5) is 10.7 Å². The van der Waals surface area contributed by atoms with Gasteiger partial charge in [0.05, 0.1) is 0 Å². The number of anilines is 1. The Labute approximate surface area is 96.5 Å². The standard InChI is InChI=1S/C8H13N5O4/c1-13-7(9-4-10-13)12-8(17)11-5(2-3-14)6(15)16/h4-5,14H,2-3H2,1H3,(H,15,16)(H2,9,10,11,12,17)/t5-/m1/s1. The van der Waals surface area contributed by atoms with Gasteiger partial charge in [0.2, 0.25) is 5.95 Å². The van der Waals surface area contributed by atoms with Crippen LogP contribution in [0.5, 0.6) is 0 Å². The van der Waals surface area contributed by atoms with E-state index < -0.39 is 18.0 Å². The fourth-order valence-electron chi connectivity index (χ4n) is 1.09. The molecule has 1 heterocycles. The fraction of sp³-hybridized carbons (Fsp3) is 0.500. The van der Waals surface area contributed by atoms with Crippen molar-refractivity contribution in [2.45, 2.75) is 12.5 Å². The summed E-state index contributed by atoms with van der Waals surface area (Å²) in [7, 11) is 1.57. The van der Waals surface area contributed by atoms with Crippen LogP contribution in [0.25, 0.3) is 0 Å². The molecule has 17 heavy (non-hydrogen) atoms. The Morgan fingerprint density at radius 1 is 1.59 bits per heavy atom. The smallest absolute Gasteiger partial charge is 0.326 e. The van der Waals surface area contributed by atoms with Crippen LogP contribution in [0.15, 0.2) is 6.33 Å². The van der Waals surface area contributed by atoms with Gasteiger partial charge in [-0.2, -0.15) is 10.1 Å². The molecule has 0 aliphatic rings. The second-order valence-electron chi connectivity index (χ2n) is 3.21. The van der Waals surface area contributed by atoms with Gasteiger partial charge in [-0.15, -0.1) is 0 Å². The lowest BCUT2D eigenvalue weighted by molar-refractivity contribution is -0.139. The average Bonchev–Trinajstić information content (AvgIpc) is 2.63. The number of carboxylic acids is 1. The van der Waals surface area contributed by atoms with Crippen LogP contribution >= 0.6 is 0 Å². The van der Waals surface area contributed by atoms with E-state index >= 15 is 0 Å². The van der Waals surface area contributed by atoms with Gasteiger partial charge in [-0.3, -0.25) is 5.32 Å². The largest absolute Gasteiger partial charge is 0.480 e. The third-order valence-corrected chi connectivity index (χ3v) is 1.96. The molecule has 4 N–H and O–H groups in total. The highest BCUT2D eigenvalue weighted by molar-refractivity contribution is 5.90. The molecule has 1 rings (SSSR count). The molecule has 1 atom stereocenters. The zero-order chi connectivity index (χ0) is 12.8. The summed E-state index contributed by atoms with van der Waals surface area (Å²) >= 11 is 0. The minimum Gasteiger partial charge on any atom is -0.480 e. The van der Waals surface area contributed by atoms with Crippen molar-refractivity contribution >= 4 is 17.9 Å². The topological polar surface area (TPSA) is 129 Å². The molecule has 0 bridgehead atoms. The number of nitrogens with zero attached hydrogens (tertiary/aromatic N) is 3. The van der Waals surface area contributed by atoms with Crippen LogP contribution < -0.4 is 10.6 Å². The lowest BCUT2D eigenvalue weighted by Crippen LogP contribution is -2.43. The molecule has 94 valence electrons. The molecule has 0 aromatic carbocycles. The molecule has 9 heteroatoms. The van der Waals surface area contributed by atoms with E-state index in [0.717, 1.165) is 0 Å². The van der Waals surface area contributed by atoms with Crippen LogP contribution in [-0.4, -0.2) is 49.6 Å². The average molecular weight is 243 g/mol. The number of hydrogen-bond donors (Lipinski definition) is 4. The van der Waals surface area contributed by atoms with E-state index in [9.17, 15) is 9.59 Å². The number of carbonyl (C=O) groups is 2. The molecule has 0 spiro atoms. The Morgan fingerprint density at radius 2 is 2.29 bits per heavy atom. The Kier molecular flexibility index (Phi) is 4.40. The summed E-state index contributed by atoms with van der Waals surface area (Å²) in [5, 5.41) is 25.6. The number of nitrogens with one attached hydrogen (secondary N) is 2. The van der Waals surface area contributed by atoms with Crippen LogP contribution in [0, 0.1) is 0 Å². The number of rotatable bonds is 5. The fourth-order valence-corrected chi connectivity index (χ4v) is 1.09. The minimum absolute atomic E-state index is 0.0679. The molecule has 9 nitrogen and oxygen atoms in total. The van der Waals surface area contributed by atoms with Gasteiger partial charge in [0.1, 0.15) is 12.4 Å². The summed E-state index contributed by atoms with van der Waals surface area (Å²) in [6.07, 6.45) is 1.18. The number of aromatic nitrogens is 3. The summed E-state index contributed by atoms with van der Waals surface area (Å²) < 4.78 is 1.32. The first-order chi connectivity index (χ1) is 8.04. The molecule has 0 aliphatic carbocycles. The second kappa shape index (κ2) is 5.80. The van der Waals surface area contributed by atoms with Crippen molar-refractivity contribution in [1.29, 1.82) is 0 Å². The van der Waals surface area contributed by atoms with Crippen LogP contribution in [-0.2, 0) is 11.8 Å². The lowest BCUT2D eigenvalue weighted by atomic mass is 10.2. The Morgan fingerprint density at radius 3 is 2.76 bits per heavy atom. The molecule has 0 fully saturated rings. The van der Waals surface area contributed by atoms with Crippen molar-refractivity contribution in [2.75, 3.05) is 11.9 Å². The second-order valence-corrected chi connectivity index (χ2v) is 3.21. The Balaban J connectivity index is 2.53. The minimum atomic E-state index is -1.22. The monoisotopic (exact) mass is 243 g/mol. The molecule has 0 unspecified atom stereocenters. The third-order valence-electron chi connectivity index (χ3n) is 1.96. The van der Waals surface area contributed by atoms with E-state index in [1.54, 1.807) is 7.05 Å². The number of urea groups is 1. The SMILES string of the molecule is Cn1ncnc1NC(=O)N[C@H](CCO)C(=O)O. The maximum atomic E-state index is 11.4. The predicted molar refractivity (Wildman–Crippen MR) is 56.3 cm³/mol. The first kappa shape index (κ1) is 12.9. The van der Waals surface area contributed by atoms with E-state index in [1.807, 2.05) is 0 Å². The number of hydrogen-bond acceptors (Lipinski definition) is 5. The number of aliphatic hydroxyl groups is 1. The number of aliphatic hydroxyl groups excluding tert-OH is 1. The molecule has 0 saturated heterocycles. The Hall–Kier alpha value is -2.16. The molecule has 0 saturated carbocycles. The zero-order valence-electron chi connectivity index (χ0n) is 9.12. The molecule has 0 radical (unpaired) electrons. The summed E-state index contributed by atoms with van der Waals surface area (Å²) in [6.45, 7) is -0.332. The van der Waals surface area contributed by atoms with Crippen LogP contribution in [0.3, 0.4) is 0 Å². The van der Waals surface area contributed by atoms with E-state index in [4.69, 9.17) is 10.2 Å². The quantitative estimate of drug-likeness (QED) is 0.512. The number of amides is 2. The molecule has 0 aliphatic heterocycles.